The molecule has 2 aromatic heterocycles. The van der Waals surface area contributed by atoms with E-state index < -0.39 is 66.0 Å². The van der Waals surface area contributed by atoms with E-state index in [2.05, 4.69) is 31.5 Å². The second-order valence-electron chi connectivity index (χ2n) is 6.78. The number of carbonyl (C=O) groups excluding carboxylic acids is 5. The first kappa shape index (κ1) is 27.9. The van der Waals surface area contributed by atoms with Gasteiger partial charge in [0.2, 0.25) is 36.7 Å². The van der Waals surface area contributed by atoms with Gasteiger partial charge in [0.05, 0.1) is 0 Å². The molecular formula is C21H22O15. The summed E-state index contributed by atoms with van der Waals surface area (Å²) in [4.78, 5) is 59.3. The van der Waals surface area contributed by atoms with Gasteiger partial charge >= 0.3 is 18.1 Å². The zero-order chi connectivity index (χ0) is 27.0. The summed E-state index contributed by atoms with van der Waals surface area (Å²) in [6, 6.07) is 0. The van der Waals surface area contributed by atoms with E-state index in [0.29, 0.717) is 0 Å². The van der Waals surface area contributed by atoms with Crippen LogP contribution >= 0.6 is 0 Å². The topological polar surface area (TPSA) is 193 Å². The van der Waals surface area contributed by atoms with Crippen LogP contribution in [0.2, 0.25) is 0 Å². The Morgan fingerprint density at radius 1 is 0.639 bits per heavy atom. The molecule has 0 saturated carbocycles. The molecule has 0 aliphatic rings. The molecule has 2 aromatic rings. The van der Waals surface area contributed by atoms with Crippen molar-refractivity contribution in [3.63, 3.8) is 0 Å². The lowest BCUT2D eigenvalue weighted by Crippen LogP contribution is -2.31. The van der Waals surface area contributed by atoms with Gasteiger partial charge in [-0.2, -0.15) is 0 Å². The van der Waals surface area contributed by atoms with E-state index in [-0.39, 0.29) is 11.5 Å². The monoisotopic (exact) mass is 514 g/mol. The van der Waals surface area contributed by atoms with Gasteiger partial charge in [0, 0.05) is 0 Å². The lowest BCUT2D eigenvalue weighted by molar-refractivity contribution is -0.234. The van der Waals surface area contributed by atoms with Crippen LogP contribution in [0.5, 0.6) is 0 Å². The highest BCUT2D eigenvalue weighted by Crippen LogP contribution is 2.14. The van der Waals surface area contributed by atoms with Crippen molar-refractivity contribution in [1.29, 1.82) is 0 Å². The second kappa shape index (κ2) is 12.4. The first-order chi connectivity index (χ1) is 16.9. The van der Waals surface area contributed by atoms with E-state index >= 15 is 0 Å². The quantitative estimate of drug-likeness (QED) is 0.0521. The van der Waals surface area contributed by atoms with E-state index in [1.54, 1.807) is 0 Å². The number of hydrogen-bond donors (Lipinski definition) is 0. The molecule has 0 amide bonds. The fourth-order valence-electron chi connectivity index (χ4n) is 2.25. The van der Waals surface area contributed by atoms with Crippen LogP contribution in [0, 0.1) is 0 Å². The Kier molecular flexibility index (Phi) is 9.57. The number of carbonyl (C=O) groups is 5. The first-order valence-corrected chi connectivity index (χ1v) is 10.0. The molecule has 15 nitrogen and oxygen atoms in total. The maximum Gasteiger partial charge on any atom is 0.512 e. The van der Waals surface area contributed by atoms with E-state index in [1.807, 2.05) is 0 Å². The molecule has 36 heavy (non-hydrogen) atoms. The summed E-state index contributed by atoms with van der Waals surface area (Å²) in [6.07, 6.45) is -4.32. The van der Waals surface area contributed by atoms with Crippen LogP contribution in [0.3, 0.4) is 0 Å². The SMILES string of the molecule is C=C(C(=O)OC(C)OC(C)OC(=O)OC(C)OC(C)OC(=O)C(=C)C(=O)c1coo1)C(=O)c1coo1. The molecule has 4 unspecified atom stereocenters. The van der Waals surface area contributed by atoms with Gasteiger partial charge in [0.1, 0.15) is 11.1 Å². The van der Waals surface area contributed by atoms with Crippen molar-refractivity contribution in [3.8, 4) is 0 Å². The number of ketones is 2. The van der Waals surface area contributed by atoms with Crippen LogP contribution in [0.25, 0.3) is 0 Å². The van der Waals surface area contributed by atoms with Gasteiger partial charge in [-0.3, -0.25) is 27.9 Å². The van der Waals surface area contributed by atoms with Gasteiger partial charge in [0.15, 0.2) is 12.5 Å². The van der Waals surface area contributed by atoms with Crippen molar-refractivity contribution in [2.45, 2.75) is 52.9 Å². The summed E-state index contributed by atoms with van der Waals surface area (Å²) >= 11 is 0. The predicted octanol–water partition coefficient (Wildman–Crippen LogP) is 2.89. The third kappa shape index (κ3) is 7.85. The summed E-state index contributed by atoms with van der Waals surface area (Å²) in [5.74, 6) is -4.32. The third-order valence-electron chi connectivity index (χ3n) is 3.91. The van der Waals surface area contributed by atoms with Gasteiger partial charge < -0.3 is 28.4 Å². The molecule has 15 heteroatoms. The Morgan fingerprint density at radius 3 is 1.22 bits per heavy atom. The van der Waals surface area contributed by atoms with E-state index in [4.69, 9.17) is 28.4 Å². The van der Waals surface area contributed by atoms with Crippen molar-refractivity contribution < 1.29 is 70.7 Å². The summed E-state index contributed by atoms with van der Waals surface area (Å²) in [5.41, 5.74) is -1.08. The van der Waals surface area contributed by atoms with Crippen LogP contribution in [0.15, 0.2) is 55.1 Å². The standard InChI is InChI=1S/C21H22O15/c1-9(17(22)15-7-27-35-15)19(24)31-11(3)29-13(5)33-21(26)34-14(6)30-12(4)32-20(25)10(2)18(23)16-8-28-36-16/h7-8,11-14H,1-2H2,3-6H3. The average molecular weight is 514 g/mol. The molecule has 0 aromatic carbocycles. The van der Waals surface area contributed by atoms with Crippen molar-refractivity contribution in [3.05, 3.63) is 48.4 Å². The Morgan fingerprint density at radius 2 is 0.944 bits per heavy atom. The molecule has 0 bridgehead atoms. The first-order valence-electron chi connectivity index (χ1n) is 10.0. The highest BCUT2D eigenvalue weighted by Gasteiger charge is 2.28. The van der Waals surface area contributed by atoms with Crippen LogP contribution < -0.4 is 0 Å². The molecule has 0 fully saturated rings. The average Bonchev–Trinajstić information content (AvgIpc) is 2.68. The lowest BCUT2D eigenvalue weighted by Gasteiger charge is -2.22. The van der Waals surface area contributed by atoms with Crippen molar-refractivity contribution >= 4 is 29.7 Å². The van der Waals surface area contributed by atoms with Gasteiger partial charge in [-0.1, -0.05) is 13.2 Å². The number of Topliss-reactive ketones (excluding diaryl/α,β-unsaturated/α-hetero) is 2. The minimum atomic E-state index is -1.26. The maximum absolute atomic E-state index is 11.9. The molecule has 0 N–H and O–H groups in total. The molecule has 4 atom stereocenters. The van der Waals surface area contributed by atoms with Crippen LogP contribution in [0.4, 0.5) is 4.79 Å². The minimum absolute atomic E-state index is 0.222. The molecule has 2 heterocycles. The summed E-state index contributed by atoms with van der Waals surface area (Å²) < 4.78 is 46.9. The number of rotatable bonds is 14. The van der Waals surface area contributed by atoms with Crippen molar-refractivity contribution in [2.24, 2.45) is 0 Å². The highest BCUT2D eigenvalue weighted by molar-refractivity contribution is 6.23. The normalized spacial score (nSPS) is 14.1. The molecule has 2 rings (SSSR count). The van der Waals surface area contributed by atoms with Crippen molar-refractivity contribution in [2.75, 3.05) is 0 Å². The Balaban J connectivity index is 1.69. The Bertz CT molecular complexity index is 1010. The smallest absolute Gasteiger partial charge is 0.432 e. The molecule has 0 aliphatic heterocycles. The van der Waals surface area contributed by atoms with Gasteiger partial charge in [-0.15, -0.1) is 0 Å². The second-order valence-corrected chi connectivity index (χ2v) is 6.78. The molecule has 0 radical (unpaired) electrons. The minimum Gasteiger partial charge on any atom is -0.432 e. The summed E-state index contributed by atoms with van der Waals surface area (Å²) in [5, 5.41) is 0. The summed E-state index contributed by atoms with van der Waals surface area (Å²) in [7, 11) is 0. The van der Waals surface area contributed by atoms with Gasteiger partial charge in [-0.25, -0.2) is 14.4 Å². The zero-order valence-corrected chi connectivity index (χ0v) is 19.5. The van der Waals surface area contributed by atoms with E-state index in [0.717, 1.165) is 12.5 Å². The number of hydrogen-bond acceptors (Lipinski definition) is 15. The van der Waals surface area contributed by atoms with Crippen molar-refractivity contribution in [1.82, 2.24) is 0 Å². The molecule has 0 aliphatic carbocycles. The zero-order valence-electron chi connectivity index (χ0n) is 19.5. The van der Waals surface area contributed by atoms with Crippen LogP contribution in [-0.2, 0) is 38.0 Å². The maximum atomic E-state index is 11.9. The predicted molar refractivity (Wildman–Crippen MR) is 109 cm³/mol. The van der Waals surface area contributed by atoms with Crippen LogP contribution in [0.1, 0.15) is 48.8 Å². The highest BCUT2D eigenvalue weighted by atomic mass is 17.0. The fourth-order valence-corrected chi connectivity index (χ4v) is 2.25. The fraction of sp³-hybridized carbons (Fsp3) is 0.381. The lowest BCUT2D eigenvalue weighted by atomic mass is 10.1. The number of ether oxygens (including phenoxy) is 6. The molecule has 0 saturated heterocycles. The Labute approximate surface area is 202 Å². The Hall–Kier alpha value is -4.37. The summed E-state index contributed by atoms with van der Waals surface area (Å²) in [6.45, 7) is 11.8. The third-order valence-corrected chi connectivity index (χ3v) is 3.91. The molecule has 0 spiro atoms. The largest absolute Gasteiger partial charge is 0.512 e. The van der Waals surface area contributed by atoms with E-state index in [1.165, 1.54) is 27.7 Å². The van der Waals surface area contributed by atoms with Crippen LogP contribution in [-0.4, -0.2) is 54.8 Å². The number of esters is 2. The van der Waals surface area contributed by atoms with E-state index in [9.17, 15) is 24.0 Å². The molecule has 196 valence electrons. The van der Waals surface area contributed by atoms with Gasteiger partial charge in [0.25, 0.3) is 11.5 Å². The molecular weight excluding hydrogens is 492 g/mol. The van der Waals surface area contributed by atoms with Gasteiger partial charge in [-0.05, 0) is 27.7 Å².